The molecular weight excluding hydrogens is 527 g/mol. The Morgan fingerprint density at radius 2 is 1.84 bits per heavy atom. The van der Waals surface area contributed by atoms with Crippen molar-refractivity contribution < 1.29 is 36.3 Å². The molecule has 3 rings (SSSR count). The third kappa shape index (κ3) is 8.79. The van der Waals surface area contributed by atoms with Crippen LogP contribution < -0.4 is 10.6 Å². The number of benzene rings is 1. The van der Waals surface area contributed by atoms with E-state index in [0.717, 1.165) is 36.9 Å². The molecule has 3 N–H and O–H groups in total. The summed E-state index contributed by atoms with van der Waals surface area (Å²) in [6, 6.07) is 11.5. The fourth-order valence-corrected chi connectivity index (χ4v) is 4.34. The van der Waals surface area contributed by atoms with Crippen LogP contribution in [0.5, 0.6) is 0 Å². The number of aliphatic carboxylic acids is 1. The molecule has 0 bridgehead atoms. The number of halogens is 3. The second-order valence-corrected chi connectivity index (χ2v) is 10.7. The van der Waals surface area contributed by atoms with Gasteiger partial charge in [0.15, 0.2) is 0 Å². The van der Waals surface area contributed by atoms with Gasteiger partial charge in [0.2, 0.25) is 15.9 Å². The third-order valence-electron chi connectivity index (χ3n) is 5.53. The van der Waals surface area contributed by atoms with Gasteiger partial charge >= 0.3 is 12.1 Å². The van der Waals surface area contributed by atoms with Crippen molar-refractivity contribution in [1.82, 2.24) is 19.9 Å². The molecule has 1 saturated heterocycles. The van der Waals surface area contributed by atoms with Crippen LogP contribution in [-0.2, 0) is 26.0 Å². The zero-order valence-corrected chi connectivity index (χ0v) is 21.5. The molecule has 0 spiro atoms. The van der Waals surface area contributed by atoms with Crippen LogP contribution in [0, 0.1) is 11.3 Å². The molecule has 0 saturated carbocycles. The number of carbonyl (C=O) groups excluding carboxylic acids is 1. The van der Waals surface area contributed by atoms with Crippen LogP contribution in [0.2, 0.25) is 0 Å². The zero-order chi connectivity index (χ0) is 28.5. The Morgan fingerprint density at radius 3 is 2.29 bits per heavy atom. The molecule has 0 radical (unpaired) electrons. The van der Waals surface area contributed by atoms with E-state index in [1.54, 1.807) is 30.5 Å². The maximum Gasteiger partial charge on any atom is 0.490 e. The number of amides is 1. The number of carboxylic acid groups (broad SMARTS) is 1. The van der Waals surface area contributed by atoms with E-state index < -0.39 is 28.2 Å². The fraction of sp³-hybridized carbons (Fsp3) is 0.417. The Bertz CT molecular complexity index is 1240. The Kier molecular flexibility index (Phi) is 10.7. The first kappa shape index (κ1) is 30.7. The summed E-state index contributed by atoms with van der Waals surface area (Å²) in [6.45, 7) is 0.822. The molecule has 0 unspecified atom stereocenters. The second-order valence-electron chi connectivity index (χ2n) is 8.56. The first-order valence-corrected chi connectivity index (χ1v) is 12.9. The van der Waals surface area contributed by atoms with Gasteiger partial charge < -0.3 is 15.7 Å². The van der Waals surface area contributed by atoms with Crippen LogP contribution in [0.3, 0.4) is 0 Å². The van der Waals surface area contributed by atoms with E-state index in [1.165, 1.54) is 18.4 Å². The van der Waals surface area contributed by atoms with E-state index >= 15 is 0 Å². The van der Waals surface area contributed by atoms with E-state index in [4.69, 9.17) is 9.90 Å². The van der Waals surface area contributed by atoms with Gasteiger partial charge in [0, 0.05) is 32.3 Å². The predicted octanol–water partition coefficient (Wildman–Crippen LogP) is 2.33. The lowest BCUT2D eigenvalue weighted by Gasteiger charge is -2.23. The van der Waals surface area contributed by atoms with Crippen molar-refractivity contribution in [2.75, 3.05) is 20.6 Å². The monoisotopic (exact) mass is 555 g/mol. The van der Waals surface area contributed by atoms with Gasteiger partial charge in [-0.25, -0.2) is 17.5 Å². The smallest absolute Gasteiger partial charge is 0.475 e. The van der Waals surface area contributed by atoms with Gasteiger partial charge in [-0.3, -0.25) is 9.78 Å². The molecule has 14 heteroatoms. The Hall–Kier alpha value is -3.54. The highest BCUT2D eigenvalue weighted by Crippen LogP contribution is 2.21. The maximum absolute atomic E-state index is 12.4. The van der Waals surface area contributed by atoms with Crippen LogP contribution in [0.25, 0.3) is 11.3 Å². The molecule has 1 aromatic heterocycles. The Morgan fingerprint density at radius 1 is 1.21 bits per heavy atom. The van der Waals surface area contributed by atoms with Crippen molar-refractivity contribution in [2.24, 2.45) is 0 Å². The average Bonchev–Trinajstić information content (AvgIpc) is 2.89. The van der Waals surface area contributed by atoms with E-state index in [2.05, 4.69) is 21.7 Å². The van der Waals surface area contributed by atoms with Crippen molar-refractivity contribution in [3.8, 4) is 17.3 Å². The minimum Gasteiger partial charge on any atom is -0.475 e. The van der Waals surface area contributed by atoms with E-state index in [0.29, 0.717) is 12.1 Å². The lowest BCUT2D eigenvalue weighted by molar-refractivity contribution is -0.192. The molecule has 1 aliphatic rings. The van der Waals surface area contributed by atoms with Crippen molar-refractivity contribution in [2.45, 2.75) is 48.8 Å². The van der Waals surface area contributed by atoms with Gasteiger partial charge in [-0.05, 0) is 43.1 Å². The van der Waals surface area contributed by atoms with Gasteiger partial charge in [0.05, 0.1) is 22.7 Å². The minimum absolute atomic E-state index is 0.136. The number of nitriles is 1. The van der Waals surface area contributed by atoms with Gasteiger partial charge in [-0.1, -0.05) is 24.6 Å². The number of hydrogen-bond donors (Lipinski definition) is 3. The largest absolute Gasteiger partial charge is 0.490 e. The van der Waals surface area contributed by atoms with Crippen LogP contribution in [0.15, 0.2) is 47.5 Å². The van der Waals surface area contributed by atoms with Gasteiger partial charge in [-0.15, -0.1) is 0 Å². The first-order valence-electron chi connectivity index (χ1n) is 11.5. The number of pyridine rings is 1. The van der Waals surface area contributed by atoms with Crippen molar-refractivity contribution in [3.05, 3.63) is 48.2 Å². The van der Waals surface area contributed by atoms with Crippen LogP contribution in [-0.4, -0.2) is 73.6 Å². The van der Waals surface area contributed by atoms with Crippen LogP contribution in [0.4, 0.5) is 13.2 Å². The van der Waals surface area contributed by atoms with E-state index in [9.17, 15) is 31.6 Å². The molecular formula is C24H28F3N5O5S. The molecule has 10 nitrogen and oxygen atoms in total. The number of nitrogens with zero attached hydrogens (tertiary/aromatic N) is 3. The molecule has 1 aromatic carbocycles. The lowest BCUT2D eigenvalue weighted by Crippen LogP contribution is -2.49. The van der Waals surface area contributed by atoms with Gasteiger partial charge in [0.25, 0.3) is 0 Å². The number of piperidine rings is 1. The normalized spacial score (nSPS) is 16.5. The Labute approximate surface area is 218 Å². The fourth-order valence-electron chi connectivity index (χ4n) is 3.44. The van der Waals surface area contributed by atoms with Gasteiger partial charge in [-0.2, -0.15) is 18.4 Å². The molecule has 2 atom stereocenters. The number of carboxylic acids is 1. The van der Waals surface area contributed by atoms with Crippen molar-refractivity contribution in [1.29, 1.82) is 5.26 Å². The zero-order valence-electron chi connectivity index (χ0n) is 20.7. The second kappa shape index (κ2) is 13.3. The van der Waals surface area contributed by atoms with E-state index in [1.807, 2.05) is 12.1 Å². The number of alkyl halides is 3. The summed E-state index contributed by atoms with van der Waals surface area (Å²) in [7, 11) is -0.490. The quantitative estimate of drug-likeness (QED) is 0.471. The summed E-state index contributed by atoms with van der Waals surface area (Å²) < 4.78 is 57.3. The lowest BCUT2D eigenvalue weighted by atomic mass is 10.0. The average molecular weight is 556 g/mol. The molecule has 1 fully saturated rings. The van der Waals surface area contributed by atoms with Crippen LogP contribution in [0.1, 0.15) is 24.8 Å². The molecule has 2 heterocycles. The number of hydrogen-bond acceptors (Lipinski definition) is 7. The first-order chi connectivity index (χ1) is 17.8. The summed E-state index contributed by atoms with van der Waals surface area (Å²) in [6.07, 6.45) is -0.181. The highest BCUT2D eigenvalue weighted by molar-refractivity contribution is 7.89. The summed E-state index contributed by atoms with van der Waals surface area (Å²) in [5, 5.41) is 22.6. The summed E-state index contributed by atoms with van der Waals surface area (Å²) in [5.74, 6) is -2.89. The minimum atomic E-state index is -5.08. The molecule has 2 aromatic rings. The molecule has 1 aliphatic heterocycles. The van der Waals surface area contributed by atoms with E-state index in [-0.39, 0.29) is 16.8 Å². The number of carbonyl (C=O) groups is 2. The number of sulfonamides is 1. The number of aromatic nitrogens is 1. The van der Waals surface area contributed by atoms with Crippen molar-refractivity contribution >= 4 is 21.9 Å². The SMILES string of the molecule is CN(C)S(=O)(=O)c1ccc(-c2ccc(C[C@@H](C#N)NC(=O)[C@@H]3CCCCN3)cn2)cc1.O=C(O)C(F)(F)F. The number of nitrogens with one attached hydrogen (secondary N) is 2. The Balaban J connectivity index is 0.000000638. The standard InChI is InChI=1S/C22H27N5O3S.C2HF3O2/c1-27(2)31(29,30)19-9-7-17(8-10-19)20-11-6-16(15-25-20)13-18(14-23)26-22(28)21-5-3-4-12-24-21;3-2(4,5)1(6)7/h6-11,15,18,21,24H,3-5,12-13H2,1-2H3,(H,26,28);(H,6,7)/t18-,21-;/m0./s1. The summed E-state index contributed by atoms with van der Waals surface area (Å²) in [4.78, 5) is 25.9. The highest BCUT2D eigenvalue weighted by Gasteiger charge is 2.38. The number of rotatable bonds is 7. The van der Waals surface area contributed by atoms with Crippen LogP contribution >= 0.6 is 0 Å². The maximum atomic E-state index is 12.4. The third-order valence-corrected chi connectivity index (χ3v) is 7.36. The molecule has 38 heavy (non-hydrogen) atoms. The predicted molar refractivity (Wildman–Crippen MR) is 131 cm³/mol. The molecule has 0 aliphatic carbocycles. The van der Waals surface area contributed by atoms with Gasteiger partial charge in [0.1, 0.15) is 6.04 Å². The van der Waals surface area contributed by atoms with Crippen molar-refractivity contribution in [3.63, 3.8) is 0 Å². The highest BCUT2D eigenvalue weighted by atomic mass is 32.2. The topological polar surface area (TPSA) is 152 Å². The molecule has 1 amide bonds. The summed E-state index contributed by atoms with van der Waals surface area (Å²) >= 11 is 0. The molecule has 206 valence electrons. The summed E-state index contributed by atoms with van der Waals surface area (Å²) in [5.41, 5.74) is 2.32.